The number of aliphatic hydroxyl groups is 1. The Morgan fingerprint density at radius 3 is 2.40 bits per heavy atom. The topological polar surface area (TPSA) is 66.8 Å². The summed E-state index contributed by atoms with van der Waals surface area (Å²) in [5.41, 5.74) is -1.11. The van der Waals surface area contributed by atoms with Crippen LogP contribution in [0.15, 0.2) is 11.3 Å². The van der Waals surface area contributed by atoms with Gasteiger partial charge in [0.2, 0.25) is 0 Å². The smallest absolute Gasteiger partial charge is 0.347 e. The molecule has 15 heavy (non-hydrogen) atoms. The van der Waals surface area contributed by atoms with Gasteiger partial charge in [0, 0.05) is 7.05 Å². The molecule has 1 rings (SSSR count). The van der Waals surface area contributed by atoms with Gasteiger partial charge in [0.05, 0.1) is 12.1 Å². The summed E-state index contributed by atoms with van der Waals surface area (Å²) in [7, 11) is 1.53. The molecule has 1 N–H and O–H groups in total. The highest BCUT2D eigenvalue weighted by Crippen LogP contribution is 2.32. The van der Waals surface area contributed by atoms with Crippen LogP contribution in [0.25, 0.3) is 0 Å². The summed E-state index contributed by atoms with van der Waals surface area (Å²) in [5.74, 6) is -1.50. The van der Waals surface area contributed by atoms with E-state index in [9.17, 15) is 14.7 Å². The maximum Gasteiger partial charge on any atom is 0.347 e. The Morgan fingerprint density at radius 1 is 1.53 bits per heavy atom. The van der Waals surface area contributed by atoms with Gasteiger partial charge in [-0.1, -0.05) is 0 Å². The van der Waals surface area contributed by atoms with Crippen molar-refractivity contribution in [3.8, 4) is 0 Å². The number of likely N-dealkylation sites (N-methyl/N-ethyl adjacent to an activating group) is 1. The summed E-state index contributed by atoms with van der Waals surface area (Å²) in [6.07, 6.45) is 0. The first-order valence-corrected chi connectivity index (χ1v) is 4.73. The molecule has 0 radical (unpaired) electrons. The summed E-state index contributed by atoms with van der Waals surface area (Å²) in [6.45, 7) is 5.13. The molecule has 5 nitrogen and oxygen atoms in total. The third-order valence-electron chi connectivity index (χ3n) is 2.65. The van der Waals surface area contributed by atoms with Crippen LogP contribution in [0.5, 0.6) is 0 Å². The van der Waals surface area contributed by atoms with Crippen molar-refractivity contribution in [2.24, 2.45) is 0 Å². The minimum Gasteiger partial charge on any atom is -0.509 e. The molecule has 1 aliphatic rings. The van der Waals surface area contributed by atoms with Gasteiger partial charge >= 0.3 is 5.97 Å². The number of carbonyl (C=O) groups is 2. The second-order valence-corrected chi connectivity index (χ2v) is 3.87. The zero-order valence-corrected chi connectivity index (χ0v) is 9.33. The number of aliphatic hydroxyl groups excluding tert-OH is 1. The molecule has 0 saturated heterocycles. The molecule has 0 atom stereocenters. The van der Waals surface area contributed by atoms with Gasteiger partial charge in [0.25, 0.3) is 5.91 Å². The van der Waals surface area contributed by atoms with Crippen LogP contribution in [0.1, 0.15) is 20.8 Å². The molecule has 0 bridgehead atoms. The Morgan fingerprint density at radius 2 is 2.07 bits per heavy atom. The molecule has 1 aliphatic heterocycles. The van der Waals surface area contributed by atoms with Crippen LogP contribution in [0.2, 0.25) is 0 Å². The molecule has 1 heterocycles. The minimum atomic E-state index is -0.848. The highest BCUT2D eigenvalue weighted by molar-refractivity contribution is 6.18. The van der Waals surface area contributed by atoms with E-state index in [0.717, 1.165) is 0 Å². The van der Waals surface area contributed by atoms with E-state index < -0.39 is 17.4 Å². The SMILES string of the molecule is CCOC(=O)C1=C(O)C(C)(C)N(C)C1=O. The Kier molecular flexibility index (Phi) is 2.75. The van der Waals surface area contributed by atoms with Crippen molar-refractivity contribution in [1.29, 1.82) is 0 Å². The quantitative estimate of drug-likeness (QED) is 0.539. The second kappa shape index (κ2) is 3.56. The number of nitrogens with zero attached hydrogens (tertiary/aromatic N) is 1. The number of hydrogen-bond acceptors (Lipinski definition) is 4. The summed E-state index contributed by atoms with van der Waals surface area (Å²) in [5, 5.41) is 9.77. The van der Waals surface area contributed by atoms with E-state index in [1.807, 2.05) is 0 Å². The Hall–Kier alpha value is -1.52. The van der Waals surface area contributed by atoms with Crippen molar-refractivity contribution in [1.82, 2.24) is 4.90 Å². The fourth-order valence-electron chi connectivity index (χ4n) is 1.37. The predicted octanol–water partition coefficient (Wildman–Crippen LogP) is 0.612. The average molecular weight is 213 g/mol. The predicted molar refractivity (Wildman–Crippen MR) is 53.1 cm³/mol. The summed E-state index contributed by atoms with van der Waals surface area (Å²) in [4.78, 5) is 24.4. The summed E-state index contributed by atoms with van der Waals surface area (Å²) >= 11 is 0. The van der Waals surface area contributed by atoms with Crippen molar-refractivity contribution >= 4 is 11.9 Å². The lowest BCUT2D eigenvalue weighted by molar-refractivity contribution is -0.141. The highest BCUT2D eigenvalue weighted by atomic mass is 16.5. The lowest BCUT2D eigenvalue weighted by Gasteiger charge is -2.27. The van der Waals surface area contributed by atoms with Crippen molar-refractivity contribution < 1.29 is 19.4 Å². The van der Waals surface area contributed by atoms with E-state index in [0.29, 0.717) is 0 Å². The van der Waals surface area contributed by atoms with Crippen molar-refractivity contribution in [3.05, 3.63) is 11.3 Å². The molecule has 0 aliphatic carbocycles. The molecule has 0 aromatic carbocycles. The van der Waals surface area contributed by atoms with Crippen LogP contribution in [0.4, 0.5) is 0 Å². The molecule has 0 unspecified atom stereocenters. The molecule has 0 aromatic rings. The van der Waals surface area contributed by atoms with Crippen molar-refractivity contribution in [2.45, 2.75) is 26.3 Å². The van der Waals surface area contributed by atoms with Gasteiger partial charge in [0.1, 0.15) is 5.76 Å². The number of rotatable bonds is 2. The first-order chi connectivity index (χ1) is 6.84. The Bertz CT molecular complexity index is 343. The Labute approximate surface area is 88.3 Å². The maximum atomic E-state index is 11.7. The number of ether oxygens (including phenoxy) is 1. The lowest BCUT2D eigenvalue weighted by atomic mass is 10.0. The minimum absolute atomic E-state index is 0.174. The fraction of sp³-hybridized carbons (Fsp3) is 0.600. The fourth-order valence-corrected chi connectivity index (χ4v) is 1.37. The molecule has 5 heteroatoms. The lowest BCUT2D eigenvalue weighted by Crippen LogP contribution is -2.40. The first kappa shape index (κ1) is 11.6. The standard InChI is InChI=1S/C10H15NO4/c1-5-15-9(14)6-7(12)10(2,3)11(4)8(6)13/h12H,5H2,1-4H3. The molecule has 1 amide bonds. The van der Waals surface area contributed by atoms with Gasteiger partial charge in [-0.15, -0.1) is 0 Å². The molecule has 84 valence electrons. The van der Waals surface area contributed by atoms with Crippen LogP contribution in [-0.2, 0) is 14.3 Å². The van der Waals surface area contributed by atoms with Crippen LogP contribution in [-0.4, -0.2) is 41.1 Å². The summed E-state index contributed by atoms with van der Waals surface area (Å²) in [6, 6.07) is 0. The third kappa shape index (κ3) is 1.58. The van der Waals surface area contributed by atoms with Gasteiger partial charge < -0.3 is 14.7 Å². The number of amides is 1. The van der Waals surface area contributed by atoms with Gasteiger partial charge in [-0.2, -0.15) is 0 Å². The van der Waals surface area contributed by atoms with Crippen molar-refractivity contribution in [3.63, 3.8) is 0 Å². The van der Waals surface area contributed by atoms with E-state index >= 15 is 0 Å². The van der Waals surface area contributed by atoms with Gasteiger partial charge in [-0.25, -0.2) is 4.79 Å². The van der Waals surface area contributed by atoms with Crippen LogP contribution >= 0.6 is 0 Å². The molecular formula is C10H15NO4. The number of hydrogen-bond donors (Lipinski definition) is 1. The van der Waals surface area contributed by atoms with Crippen LogP contribution < -0.4 is 0 Å². The van der Waals surface area contributed by atoms with Gasteiger partial charge in [0.15, 0.2) is 5.57 Å². The molecule has 0 fully saturated rings. The highest BCUT2D eigenvalue weighted by Gasteiger charge is 2.46. The van der Waals surface area contributed by atoms with E-state index in [1.165, 1.54) is 11.9 Å². The molecule has 0 saturated carbocycles. The maximum absolute atomic E-state index is 11.7. The normalized spacial score (nSPS) is 19.7. The Balaban J connectivity index is 3.12. The van der Waals surface area contributed by atoms with E-state index in [2.05, 4.69) is 0 Å². The van der Waals surface area contributed by atoms with E-state index in [-0.39, 0.29) is 17.9 Å². The second-order valence-electron chi connectivity index (χ2n) is 3.87. The van der Waals surface area contributed by atoms with Crippen LogP contribution in [0.3, 0.4) is 0 Å². The summed E-state index contributed by atoms with van der Waals surface area (Å²) < 4.78 is 4.70. The van der Waals surface area contributed by atoms with E-state index in [1.54, 1.807) is 20.8 Å². The molecule has 0 aromatic heterocycles. The van der Waals surface area contributed by atoms with Gasteiger partial charge in [-0.3, -0.25) is 4.79 Å². The number of carbonyl (C=O) groups excluding carboxylic acids is 2. The monoisotopic (exact) mass is 213 g/mol. The third-order valence-corrected chi connectivity index (χ3v) is 2.65. The van der Waals surface area contributed by atoms with E-state index in [4.69, 9.17) is 4.74 Å². The molecular weight excluding hydrogens is 198 g/mol. The first-order valence-electron chi connectivity index (χ1n) is 4.73. The number of esters is 1. The molecule has 0 spiro atoms. The van der Waals surface area contributed by atoms with Crippen molar-refractivity contribution in [2.75, 3.05) is 13.7 Å². The largest absolute Gasteiger partial charge is 0.509 e. The average Bonchev–Trinajstić information content (AvgIpc) is 2.29. The zero-order valence-electron chi connectivity index (χ0n) is 9.33. The zero-order chi connectivity index (χ0) is 11.8. The van der Waals surface area contributed by atoms with Gasteiger partial charge in [-0.05, 0) is 20.8 Å². The van der Waals surface area contributed by atoms with Crippen LogP contribution in [0, 0.1) is 0 Å².